The summed E-state index contributed by atoms with van der Waals surface area (Å²) < 4.78 is 0. The van der Waals surface area contributed by atoms with Gasteiger partial charge in [-0.1, -0.05) is 0 Å². The van der Waals surface area contributed by atoms with E-state index in [1.165, 1.54) is 38.8 Å². The summed E-state index contributed by atoms with van der Waals surface area (Å²) in [5.41, 5.74) is 0. The minimum absolute atomic E-state index is 0.428. The molecule has 1 N–H and O–H groups in total. The first-order valence-corrected chi connectivity index (χ1v) is 5.59. The Balaban J connectivity index is 1.66. The number of hydrogen-bond donors (Lipinski definition) is 1. The van der Waals surface area contributed by atoms with Crippen molar-refractivity contribution in [3.63, 3.8) is 0 Å². The van der Waals surface area contributed by atoms with Crippen molar-refractivity contribution in [3.05, 3.63) is 0 Å². The summed E-state index contributed by atoms with van der Waals surface area (Å²) in [4.78, 5) is 2.42. The number of likely N-dealkylation sites (tertiary alicyclic amines) is 1. The van der Waals surface area contributed by atoms with Crippen molar-refractivity contribution in [1.82, 2.24) is 4.90 Å². The lowest BCUT2D eigenvalue weighted by atomic mass is 9.91. The topological polar surface area (TPSA) is 23.5 Å². The van der Waals surface area contributed by atoms with E-state index in [2.05, 4.69) is 11.9 Å². The lowest BCUT2D eigenvalue weighted by molar-refractivity contribution is 0.201. The molecular formula is C11H21NO. The second-order valence-corrected chi connectivity index (χ2v) is 4.92. The molecule has 0 amide bonds. The molecule has 0 radical (unpaired) electrons. The Kier molecular flexibility index (Phi) is 2.89. The number of hydrogen-bond acceptors (Lipinski definition) is 2. The van der Waals surface area contributed by atoms with Gasteiger partial charge in [-0.2, -0.15) is 0 Å². The first-order chi connectivity index (χ1) is 6.29. The maximum absolute atomic E-state index is 8.94. The lowest BCUT2D eigenvalue weighted by Gasteiger charge is -2.28. The van der Waals surface area contributed by atoms with Crippen molar-refractivity contribution >= 4 is 0 Å². The molecule has 13 heavy (non-hydrogen) atoms. The fourth-order valence-electron chi connectivity index (χ4n) is 2.55. The second-order valence-electron chi connectivity index (χ2n) is 4.92. The molecule has 2 unspecified atom stereocenters. The van der Waals surface area contributed by atoms with Crippen molar-refractivity contribution in [2.45, 2.75) is 25.7 Å². The molecule has 0 aromatic rings. The summed E-state index contributed by atoms with van der Waals surface area (Å²) in [7, 11) is 2.21. The maximum atomic E-state index is 8.94. The Morgan fingerprint density at radius 2 is 1.92 bits per heavy atom. The van der Waals surface area contributed by atoms with Gasteiger partial charge in [-0.3, -0.25) is 0 Å². The predicted molar refractivity (Wildman–Crippen MR) is 53.5 cm³/mol. The van der Waals surface area contributed by atoms with Gasteiger partial charge in [0.2, 0.25) is 0 Å². The largest absolute Gasteiger partial charge is 0.396 e. The summed E-state index contributed by atoms with van der Waals surface area (Å²) in [6.07, 6.45) is 5.44. The molecule has 1 aliphatic heterocycles. The molecule has 2 fully saturated rings. The third kappa shape index (κ3) is 2.44. The summed E-state index contributed by atoms with van der Waals surface area (Å²) in [5.74, 6) is 2.50. The van der Waals surface area contributed by atoms with E-state index in [9.17, 15) is 0 Å². The van der Waals surface area contributed by atoms with Crippen LogP contribution in [0, 0.1) is 17.8 Å². The molecule has 1 aliphatic carbocycles. The van der Waals surface area contributed by atoms with Gasteiger partial charge < -0.3 is 10.0 Å². The minimum atomic E-state index is 0.428. The molecule has 2 nitrogen and oxygen atoms in total. The maximum Gasteiger partial charge on any atom is 0.0462 e. The van der Waals surface area contributed by atoms with Crippen LogP contribution in [0.25, 0.3) is 0 Å². The van der Waals surface area contributed by atoms with Crippen molar-refractivity contribution < 1.29 is 5.11 Å². The molecule has 2 rings (SSSR count). The van der Waals surface area contributed by atoms with Gasteiger partial charge in [0.15, 0.2) is 0 Å². The number of rotatable bonds is 3. The van der Waals surface area contributed by atoms with E-state index in [0.29, 0.717) is 12.5 Å². The highest BCUT2D eigenvalue weighted by Gasteiger charge is 2.37. The van der Waals surface area contributed by atoms with Crippen LogP contribution < -0.4 is 0 Å². The van der Waals surface area contributed by atoms with Crippen molar-refractivity contribution in [2.75, 3.05) is 26.7 Å². The van der Waals surface area contributed by atoms with Gasteiger partial charge in [-0.15, -0.1) is 0 Å². The minimum Gasteiger partial charge on any atom is -0.396 e. The highest BCUT2D eigenvalue weighted by Crippen LogP contribution is 2.44. The number of aliphatic hydroxyl groups excluding tert-OH is 1. The highest BCUT2D eigenvalue weighted by molar-refractivity contribution is 4.88. The molecule has 76 valence electrons. The molecule has 2 atom stereocenters. The van der Waals surface area contributed by atoms with Crippen molar-refractivity contribution in [1.29, 1.82) is 0 Å². The highest BCUT2D eigenvalue weighted by atomic mass is 16.3. The van der Waals surface area contributed by atoms with Crippen LogP contribution in [0.2, 0.25) is 0 Å². The van der Waals surface area contributed by atoms with E-state index in [1.807, 2.05) is 0 Å². The third-order valence-electron chi connectivity index (χ3n) is 3.78. The smallest absolute Gasteiger partial charge is 0.0462 e. The van der Waals surface area contributed by atoms with Gasteiger partial charge in [-0.25, -0.2) is 0 Å². The molecule has 0 aromatic carbocycles. The van der Waals surface area contributed by atoms with Crippen LogP contribution in [0.3, 0.4) is 0 Å². The Hall–Kier alpha value is -0.0800. The van der Waals surface area contributed by atoms with Gasteiger partial charge in [0, 0.05) is 6.61 Å². The van der Waals surface area contributed by atoms with Crippen molar-refractivity contribution in [2.24, 2.45) is 17.8 Å². The van der Waals surface area contributed by atoms with E-state index < -0.39 is 0 Å². The molecule has 0 spiro atoms. The van der Waals surface area contributed by atoms with E-state index in [-0.39, 0.29) is 0 Å². The third-order valence-corrected chi connectivity index (χ3v) is 3.78. The van der Waals surface area contributed by atoms with Crippen LogP contribution >= 0.6 is 0 Å². The van der Waals surface area contributed by atoms with Gasteiger partial charge in [0.1, 0.15) is 0 Å². The number of nitrogens with zero attached hydrogens (tertiary/aromatic N) is 1. The number of piperidine rings is 1. The molecule has 1 heterocycles. The fraction of sp³-hybridized carbons (Fsp3) is 1.00. The van der Waals surface area contributed by atoms with Gasteiger partial charge in [-0.05, 0) is 63.6 Å². The average Bonchev–Trinajstić information content (AvgIpc) is 2.88. The van der Waals surface area contributed by atoms with Gasteiger partial charge >= 0.3 is 0 Å². The summed E-state index contributed by atoms with van der Waals surface area (Å²) in [6, 6.07) is 0. The summed E-state index contributed by atoms with van der Waals surface area (Å²) in [5, 5.41) is 8.94. The standard InChI is InChI=1S/C11H21NO/c1-12-4-2-9(3-5-12)6-10-7-11(10)8-13/h9-11,13H,2-8H2,1H3. The SMILES string of the molecule is CN1CCC(CC2CC2CO)CC1. The van der Waals surface area contributed by atoms with Crippen LogP contribution in [-0.2, 0) is 0 Å². The van der Waals surface area contributed by atoms with Crippen LogP contribution in [-0.4, -0.2) is 36.8 Å². The van der Waals surface area contributed by atoms with Crippen molar-refractivity contribution in [3.8, 4) is 0 Å². The van der Waals surface area contributed by atoms with Crippen LogP contribution in [0.1, 0.15) is 25.7 Å². The van der Waals surface area contributed by atoms with Gasteiger partial charge in [0.25, 0.3) is 0 Å². The molecule has 0 aromatic heterocycles. The predicted octanol–water partition coefficient (Wildman–Crippen LogP) is 1.35. The zero-order chi connectivity index (χ0) is 9.26. The normalized spacial score (nSPS) is 36.5. The zero-order valence-electron chi connectivity index (χ0n) is 8.58. The van der Waals surface area contributed by atoms with Crippen LogP contribution in [0.4, 0.5) is 0 Å². The molecule has 2 aliphatic rings. The first kappa shape index (κ1) is 9.47. The van der Waals surface area contributed by atoms with Gasteiger partial charge in [0.05, 0.1) is 0 Å². The Labute approximate surface area is 80.9 Å². The summed E-state index contributed by atoms with van der Waals surface area (Å²) in [6.45, 7) is 2.99. The average molecular weight is 183 g/mol. The summed E-state index contributed by atoms with van der Waals surface area (Å²) >= 11 is 0. The van der Waals surface area contributed by atoms with E-state index >= 15 is 0 Å². The fourth-order valence-corrected chi connectivity index (χ4v) is 2.55. The van der Waals surface area contributed by atoms with E-state index in [1.54, 1.807) is 0 Å². The Bertz CT molecular complexity index is 163. The monoisotopic (exact) mass is 183 g/mol. The second kappa shape index (κ2) is 3.97. The van der Waals surface area contributed by atoms with E-state index in [4.69, 9.17) is 5.11 Å². The first-order valence-electron chi connectivity index (χ1n) is 5.59. The quantitative estimate of drug-likeness (QED) is 0.714. The molecule has 1 saturated heterocycles. The molecule has 2 heteroatoms. The molecule has 1 saturated carbocycles. The number of aliphatic hydroxyl groups is 1. The Morgan fingerprint density at radius 1 is 1.23 bits per heavy atom. The van der Waals surface area contributed by atoms with Crippen LogP contribution in [0.5, 0.6) is 0 Å². The lowest BCUT2D eigenvalue weighted by Crippen LogP contribution is -2.30. The Morgan fingerprint density at radius 3 is 2.46 bits per heavy atom. The van der Waals surface area contributed by atoms with Crippen LogP contribution in [0.15, 0.2) is 0 Å². The van der Waals surface area contributed by atoms with E-state index in [0.717, 1.165) is 11.8 Å². The molecule has 0 bridgehead atoms. The molecular weight excluding hydrogens is 162 g/mol. The zero-order valence-corrected chi connectivity index (χ0v) is 8.58.